The van der Waals surface area contributed by atoms with E-state index in [-0.39, 0.29) is 6.42 Å². The summed E-state index contributed by atoms with van der Waals surface area (Å²) in [7, 11) is -2.85. The van der Waals surface area contributed by atoms with E-state index < -0.39 is 15.6 Å². The molecule has 0 saturated heterocycles. The molecule has 0 heterocycles. The molecule has 0 fully saturated rings. The molecular weight excluding hydrogens is 144 g/mol. The number of rotatable bonds is 3. The minimum absolute atomic E-state index is 0.00926. The Morgan fingerprint density at radius 2 is 2.22 bits per heavy atom. The third-order valence-electron chi connectivity index (χ3n) is 0.831. The SMILES string of the molecule is [CH2]CC(OC)S(=O)(=O)O. The molecule has 0 aromatic rings. The first kappa shape index (κ1) is 8.87. The van der Waals surface area contributed by atoms with Gasteiger partial charge in [-0.1, -0.05) is 0 Å². The summed E-state index contributed by atoms with van der Waals surface area (Å²) in [5.41, 5.74) is -1.18. The van der Waals surface area contributed by atoms with Gasteiger partial charge in [0.25, 0.3) is 10.1 Å². The molecule has 1 atom stereocenters. The highest BCUT2D eigenvalue weighted by Gasteiger charge is 2.18. The Bertz CT molecular complexity index is 155. The lowest BCUT2D eigenvalue weighted by molar-refractivity contribution is 0.156. The van der Waals surface area contributed by atoms with Crippen molar-refractivity contribution in [2.45, 2.75) is 11.9 Å². The number of ether oxygens (including phenoxy) is 1. The summed E-state index contributed by atoms with van der Waals surface area (Å²) in [4.78, 5) is 0. The second-order valence-electron chi connectivity index (χ2n) is 1.47. The second kappa shape index (κ2) is 3.14. The molecule has 0 saturated carbocycles. The summed E-state index contributed by atoms with van der Waals surface area (Å²) in [6.45, 7) is 3.26. The summed E-state index contributed by atoms with van der Waals surface area (Å²) in [6.07, 6.45) is 0.00926. The lowest BCUT2D eigenvalue weighted by atomic mass is 10.5. The van der Waals surface area contributed by atoms with E-state index >= 15 is 0 Å². The molecule has 0 amide bonds. The molecule has 0 bridgehead atoms. The molecule has 4 nitrogen and oxygen atoms in total. The zero-order chi connectivity index (χ0) is 7.49. The molecule has 5 heteroatoms. The van der Waals surface area contributed by atoms with Crippen LogP contribution in [0.15, 0.2) is 0 Å². The first-order valence-corrected chi connectivity index (χ1v) is 3.81. The maximum atomic E-state index is 10.2. The first-order valence-electron chi connectivity index (χ1n) is 2.30. The molecule has 1 N–H and O–H groups in total. The largest absolute Gasteiger partial charge is 0.363 e. The molecule has 0 aliphatic rings. The molecule has 55 valence electrons. The van der Waals surface area contributed by atoms with E-state index in [1.54, 1.807) is 0 Å². The number of hydrogen-bond donors (Lipinski definition) is 1. The average Bonchev–Trinajstić information content (AvgIpc) is 1.65. The minimum Gasteiger partial charge on any atom is -0.363 e. The smallest absolute Gasteiger partial charge is 0.292 e. The van der Waals surface area contributed by atoms with Gasteiger partial charge in [-0.25, -0.2) is 0 Å². The van der Waals surface area contributed by atoms with Crippen LogP contribution in [0.1, 0.15) is 6.42 Å². The fourth-order valence-electron chi connectivity index (χ4n) is 0.388. The van der Waals surface area contributed by atoms with Crippen LogP contribution in [0.3, 0.4) is 0 Å². The molecule has 0 spiro atoms. The molecule has 0 aromatic heterocycles. The van der Waals surface area contributed by atoms with Crippen LogP contribution in [0.2, 0.25) is 0 Å². The summed E-state index contributed by atoms with van der Waals surface area (Å²) < 4.78 is 33.0. The Balaban J connectivity index is 4.14. The zero-order valence-electron chi connectivity index (χ0n) is 5.07. The Hall–Kier alpha value is -0.130. The van der Waals surface area contributed by atoms with Gasteiger partial charge in [0.1, 0.15) is 0 Å². The van der Waals surface area contributed by atoms with Gasteiger partial charge in [0.15, 0.2) is 5.44 Å². The van der Waals surface area contributed by atoms with Crippen LogP contribution < -0.4 is 0 Å². The van der Waals surface area contributed by atoms with E-state index in [0.29, 0.717) is 0 Å². The Morgan fingerprint density at radius 1 is 1.78 bits per heavy atom. The predicted molar refractivity (Wildman–Crippen MR) is 32.3 cm³/mol. The number of hydrogen-bond acceptors (Lipinski definition) is 3. The molecular formula is C4H9O4S. The third-order valence-corrected chi connectivity index (χ3v) is 1.92. The fraction of sp³-hybridized carbons (Fsp3) is 0.750. The van der Waals surface area contributed by atoms with E-state index in [1.807, 2.05) is 0 Å². The molecule has 0 rings (SSSR count). The van der Waals surface area contributed by atoms with Crippen molar-refractivity contribution in [2.75, 3.05) is 7.11 Å². The van der Waals surface area contributed by atoms with Crippen LogP contribution in [-0.2, 0) is 14.9 Å². The summed E-state index contributed by atoms with van der Waals surface area (Å²) in [5.74, 6) is 0. The molecule has 1 unspecified atom stereocenters. The quantitative estimate of drug-likeness (QED) is 0.583. The van der Waals surface area contributed by atoms with Crippen LogP contribution in [0.4, 0.5) is 0 Å². The van der Waals surface area contributed by atoms with Crippen molar-refractivity contribution in [2.24, 2.45) is 0 Å². The Labute approximate surface area is 54.6 Å². The lowest BCUT2D eigenvalue weighted by Crippen LogP contribution is -2.21. The van der Waals surface area contributed by atoms with Crippen molar-refractivity contribution in [3.63, 3.8) is 0 Å². The van der Waals surface area contributed by atoms with Crippen LogP contribution in [0, 0.1) is 6.92 Å². The van der Waals surface area contributed by atoms with E-state index in [0.717, 1.165) is 0 Å². The molecule has 0 aliphatic heterocycles. The van der Waals surface area contributed by atoms with Gasteiger partial charge in [-0.15, -0.1) is 0 Å². The normalized spacial score (nSPS) is 15.4. The van der Waals surface area contributed by atoms with Crippen molar-refractivity contribution in [1.29, 1.82) is 0 Å². The van der Waals surface area contributed by atoms with Crippen LogP contribution >= 0.6 is 0 Å². The van der Waals surface area contributed by atoms with Gasteiger partial charge in [0.05, 0.1) is 0 Å². The summed E-state index contributed by atoms with van der Waals surface area (Å²) >= 11 is 0. The average molecular weight is 153 g/mol. The van der Waals surface area contributed by atoms with Gasteiger partial charge >= 0.3 is 0 Å². The molecule has 1 radical (unpaired) electrons. The number of methoxy groups -OCH3 is 1. The van der Waals surface area contributed by atoms with Crippen LogP contribution in [0.5, 0.6) is 0 Å². The van der Waals surface area contributed by atoms with Crippen LogP contribution in [-0.4, -0.2) is 25.5 Å². The van der Waals surface area contributed by atoms with Gasteiger partial charge in [-0.2, -0.15) is 8.42 Å². The molecule has 0 aliphatic carbocycles. The maximum Gasteiger partial charge on any atom is 0.292 e. The van der Waals surface area contributed by atoms with Crippen molar-refractivity contribution < 1.29 is 17.7 Å². The second-order valence-corrected chi connectivity index (χ2v) is 3.02. The minimum atomic E-state index is -4.05. The predicted octanol–water partition coefficient (Wildman–Crippen LogP) is 0.0709. The topological polar surface area (TPSA) is 63.6 Å². The highest BCUT2D eigenvalue weighted by Crippen LogP contribution is 2.02. The van der Waals surface area contributed by atoms with Gasteiger partial charge in [0, 0.05) is 7.11 Å². The first-order chi connectivity index (χ1) is 4.02. The molecule has 9 heavy (non-hydrogen) atoms. The van der Waals surface area contributed by atoms with E-state index in [4.69, 9.17) is 4.55 Å². The van der Waals surface area contributed by atoms with Crippen molar-refractivity contribution in [3.8, 4) is 0 Å². The summed E-state index contributed by atoms with van der Waals surface area (Å²) in [5, 5.41) is 0. The highest BCUT2D eigenvalue weighted by molar-refractivity contribution is 7.86. The fourth-order valence-corrected chi connectivity index (χ4v) is 0.929. The van der Waals surface area contributed by atoms with E-state index in [2.05, 4.69) is 11.7 Å². The van der Waals surface area contributed by atoms with Crippen molar-refractivity contribution in [1.82, 2.24) is 0 Å². The highest BCUT2D eigenvalue weighted by atomic mass is 32.2. The van der Waals surface area contributed by atoms with Crippen molar-refractivity contribution >= 4 is 10.1 Å². The van der Waals surface area contributed by atoms with E-state index in [9.17, 15) is 8.42 Å². The van der Waals surface area contributed by atoms with Crippen LogP contribution in [0.25, 0.3) is 0 Å². The van der Waals surface area contributed by atoms with Crippen molar-refractivity contribution in [3.05, 3.63) is 6.92 Å². The Morgan fingerprint density at radius 3 is 2.22 bits per heavy atom. The van der Waals surface area contributed by atoms with Gasteiger partial charge < -0.3 is 4.74 Å². The lowest BCUT2D eigenvalue weighted by Gasteiger charge is -2.06. The maximum absolute atomic E-state index is 10.2. The van der Waals surface area contributed by atoms with Gasteiger partial charge in [0.2, 0.25) is 0 Å². The van der Waals surface area contributed by atoms with E-state index in [1.165, 1.54) is 7.11 Å². The summed E-state index contributed by atoms with van der Waals surface area (Å²) in [6, 6.07) is 0. The standard InChI is InChI=1S/C4H9O4S/c1-3-4(8-2)9(5,6)7/h4H,1,3H2,2H3,(H,5,6,7). The van der Waals surface area contributed by atoms with Gasteiger partial charge in [-0.05, 0) is 13.3 Å². The monoisotopic (exact) mass is 153 g/mol. The Kier molecular flexibility index (Phi) is 3.10. The van der Waals surface area contributed by atoms with Gasteiger partial charge in [-0.3, -0.25) is 4.55 Å². The molecule has 0 aromatic carbocycles. The third kappa shape index (κ3) is 2.78. The zero-order valence-corrected chi connectivity index (χ0v) is 5.89.